The summed E-state index contributed by atoms with van der Waals surface area (Å²) in [5, 5.41) is 0. The molecular formula is C16H20O. The van der Waals surface area contributed by atoms with E-state index in [1.807, 2.05) is 0 Å². The van der Waals surface area contributed by atoms with Crippen molar-refractivity contribution in [3.8, 4) is 0 Å². The third kappa shape index (κ3) is 1.55. The number of Topliss-reactive ketones (excluding diaryl/α,β-unsaturated/α-hetero) is 1. The van der Waals surface area contributed by atoms with Crippen LogP contribution in [-0.2, 0) is 11.2 Å². The van der Waals surface area contributed by atoms with Crippen LogP contribution >= 0.6 is 0 Å². The highest BCUT2D eigenvalue weighted by Gasteiger charge is 2.41. The summed E-state index contributed by atoms with van der Waals surface area (Å²) in [6, 6.07) is 4.54. The Bertz CT molecular complexity index is 485. The third-order valence-electron chi connectivity index (χ3n) is 4.59. The van der Waals surface area contributed by atoms with Crippen LogP contribution in [0, 0.1) is 12.8 Å². The van der Waals surface area contributed by atoms with Gasteiger partial charge >= 0.3 is 0 Å². The number of rotatable bonds is 1. The lowest BCUT2D eigenvalue weighted by molar-refractivity contribution is -0.117. The predicted molar refractivity (Wildman–Crippen MR) is 69.4 cm³/mol. The number of carbonyl (C=O) groups excluding carboxylic acids is 1. The van der Waals surface area contributed by atoms with E-state index >= 15 is 0 Å². The first-order valence-corrected chi connectivity index (χ1v) is 6.72. The molecule has 2 aliphatic rings. The molecule has 0 spiro atoms. The molecule has 0 aromatic heterocycles. The molecule has 1 nitrogen and oxygen atoms in total. The molecule has 0 saturated heterocycles. The minimum absolute atomic E-state index is 0.474. The van der Waals surface area contributed by atoms with E-state index in [0.29, 0.717) is 23.5 Å². The van der Waals surface area contributed by atoms with Crippen molar-refractivity contribution in [2.75, 3.05) is 0 Å². The second-order valence-electron chi connectivity index (χ2n) is 6.04. The van der Waals surface area contributed by atoms with Gasteiger partial charge in [-0.1, -0.05) is 26.0 Å². The Morgan fingerprint density at radius 1 is 1.18 bits per heavy atom. The van der Waals surface area contributed by atoms with Crippen LogP contribution in [0.3, 0.4) is 0 Å². The first kappa shape index (κ1) is 11.0. The smallest absolute Gasteiger partial charge is 0.133 e. The summed E-state index contributed by atoms with van der Waals surface area (Å²) in [4.78, 5) is 11.6. The fraction of sp³-hybridized carbons (Fsp3) is 0.562. The van der Waals surface area contributed by atoms with Crippen LogP contribution in [0.25, 0.3) is 0 Å². The molecule has 1 fully saturated rings. The summed E-state index contributed by atoms with van der Waals surface area (Å²) in [5.74, 6) is 2.19. The molecule has 3 rings (SSSR count). The van der Waals surface area contributed by atoms with Gasteiger partial charge in [-0.05, 0) is 53.4 Å². The Labute approximate surface area is 103 Å². The van der Waals surface area contributed by atoms with Crippen molar-refractivity contribution < 1.29 is 4.79 Å². The zero-order valence-electron chi connectivity index (χ0n) is 10.9. The van der Waals surface area contributed by atoms with Crippen LogP contribution in [0.1, 0.15) is 60.8 Å². The average molecular weight is 228 g/mol. The van der Waals surface area contributed by atoms with Crippen molar-refractivity contribution in [1.29, 1.82) is 0 Å². The van der Waals surface area contributed by atoms with Crippen molar-refractivity contribution in [2.24, 2.45) is 5.92 Å². The summed E-state index contributed by atoms with van der Waals surface area (Å²) >= 11 is 0. The van der Waals surface area contributed by atoms with Crippen LogP contribution in [-0.4, -0.2) is 5.78 Å². The van der Waals surface area contributed by atoms with Gasteiger partial charge in [0.15, 0.2) is 0 Å². The number of aryl methyl sites for hydroxylation is 1. The molecular weight excluding hydrogens is 208 g/mol. The van der Waals surface area contributed by atoms with Crippen LogP contribution in [0.2, 0.25) is 0 Å². The van der Waals surface area contributed by atoms with E-state index in [1.54, 1.807) is 5.56 Å². The summed E-state index contributed by atoms with van der Waals surface area (Å²) in [5.41, 5.74) is 5.99. The van der Waals surface area contributed by atoms with Crippen molar-refractivity contribution in [1.82, 2.24) is 0 Å². The lowest BCUT2D eigenvalue weighted by atomic mass is 9.87. The Morgan fingerprint density at radius 3 is 2.65 bits per heavy atom. The molecule has 0 radical (unpaired) electrons. The molecule has 0 amide bonds. The molecule has 1 aromatic carbocycles. The van der Waals surface area contributed by atoms with E-state index < -0.39 is 0 Å². The molecule has 0 N–H and O–H groups in total. The highest BCUT2D eigenvalue weighted by molar-refractivity contribution is 5.83. The van der Waals surface area contributed by atoms with E-state index in [-0.39, 0.29) is 0 Å². The molecule has 0 heterocycles. The van der Waals surface area contributed by atoms with Gasteiger partial charge in [0.2, 0.25) is 0 Å². The van der Waals surface area contributed by atoms with Gasteiger partial charge in [-0.15, -0.1) is 0 Å². The molecule has 0 aliphatic heterocycles. The quantitative estimate of drug-likeness (QED) is 0.715. The number of ketones is 1. The summed E-state index contributed by atoms with van der Waals surface area (Å²) in [6.07, 6.45) is 2.75. The normalized spacial score (nSPS) is 26.5. The van der Waals surface area contributed by atoms with Gasteiger partial charge in [-0.3, -0.25) is 4.79 Å². The van der Waals surface area contributed by atoms with Crippen LogP contribution in [0.4, 0.5) is 0 Å². The standard InChI is InChI=1S/C16H20O/c1-9(2)13-5-4-10(3)14-7-11-6-12(17)8-15(11)16(13)14/h4-5,9,11,15H,6-8H2,1-3H3. The number of benzene rings is 1. The molecule has 1 saturated carbocycles. The van der Waals surface area contributed by atoms with Gasteiger partial charge in [0.05, 0.1) is 0 Å². The van der Waals surface area contributed by atoms with Gasteiger partial charge in [-0.2, -0.15) is 0 Å². The van der Waals surface area contributed by atoms with Crippen LogP contribution in [0.15, 0.2) is 12.1 Å². The molecule has 1 aromatic rings. The van der Waals surface area contributed by atoms with Crippen LogP contribution in [0.5, 0.6) is 0 Å². The molecule has 2 unspecified atom stereocenters. The monoisotopic (exact) mass is 228 g/mol. The maximum Gasteiger partial charge on any atom is 0.133 e. The molecule has 2 atom stereocenters. The first-order valence-electron chi connectivity index (χ1n) is 6.72. The Balaban J connectivity index is 2.15. The van der Waals surface area contributed by atoms with Crippen molar-refractivity contribution in [3.05, 3.63) is 34.4 Å². The molecule has 1 heteroatoms. The molecule has 17 heavy (non-hydrogen) atoms. The van der Waals surface area contributed by atoms with Crippen LogP contribution < -0.4 is 0 Å². The average Bonchev–Trinajstić information content (AvgIpc) is 2.75. The van der Waals surface area contributed by atoms with E-state index in [9.17, 15) is 4.79 Å². The fourth-order valence-corrected chi connectivity index (χ4v) is 3.75. The maximum atomic E-state index is 11.6. The van der Waals surface area contributed by atoms with Gasteiger partial charge in [0, 0.05) is 12.8 Å². The Morgan fingerprint density at radius 2 is 1.94 bits per heavy atom. The van der Waals surface area contributed by atoms with E-state index in [1.165, 1.54) is 16.7 Å². The fourth-order valence-electron chi connectivity index (χ4n) is 3.75. The molecule has 0 bridgehead atoms. The van der Waals surface area contributed by atoms with Crippen molar-refractivity contribution >= 4 is 5.78 Å². The number of carbonyl (C=O) groups is 1. The Kier molecular flexibility index (Phi) is 2.39. The molecule has 2 aliphatic carbocycles. The largest absolute Gasteiger partial charge is 0.300 e. The van der Waals surface area contributed by atoms with Crippen molar-refractivity contribution in [3.63, 3.8) is 0 Å². The number of hydrogen-bond acceptors (Lipinski definition) is 1. The van der Waals surface area contributed by atoms with Gasteiger partial charge in [-0.25, -0.2) is 0 Å². The lowest BCUT2D eigenvalue weighted by Gasteiger charge is -2.18. The summed E-state index contributed by atoms with van der Waals surface area (Å²) < 4.78 is 0. The number of hydrogen-bond donors (Lipinski definition) is 0. The SMILES string of the molecule is Cc1ccc(C(C)C)c2c1CC1CC(=O)CC21. The number of fused-ring (bicyclic) bond motifs is 3. The molecule has 90 valence electrons. The zero-order chi connectivity index (χ0) is 12.2. The Hall–Kier alpha value is -1.11. The maximum absolute atomic E-state index is 11.6. The second-order valence-corrected chi connectivity index (χ2v) is 6.04. The third-order valence-corrected chi connectivity index (χ3v) is 4.59. The van der Waals surface area contributed by atoms with E-state index in [2.05, 4.69) is 32.9 Å². The highest BCUT2D eigenvalue weighted by Crippen LogP contribution is 2.50. The van der Waals surface area contributed by atoms with E-state index in [4.69, 9.17) is 0 Å². The predicted octanol–water partition coefficient (Wildman–Crippen LogP) is 3.74. The first-order chi connectivity index (χ1) is 8.08. The zero-order valence-corrected chi connectivity index (χ0v) is 10.9. The highest BCUT2D eigenvalue weighted by atomic mass is 16.1. The summed E-state index contributed by atoms with van der Waals surface area (Å²) in [7, 11) is 0. The minimum atomic E-state index is 0.474. The van der Waals surface area contributed by atoms with Gasteiger partial charge in [0.1, 0.15) is 5.78 Å². The van der Waals surface area contributed by atoms with Gasteiger partial charge in [0.25, 0.3) is 0 Å². The summed E-state index contributed by atoms with van der Waals surface area (Å²) in [6.45, 7) is 6.73. The second kappa shape index (κ2) is 3.69. The van der Waals surface area contributed by atoms with E-state index in [0.717, 1.165) is 19.3 Å². The topological polar surface area (TPSA) is 17.1 Å². The minimum Gasteiger partial charge on any atom is -0.300 e. The van der Waals surface area contributed by atoms with Gasteiger partial charge < -0.3 is 0 Å². The lowest BCUT2D eigenvalue weighted by Crippen LogP contribution is -2.03. The van der Waals surface area contributed by atoms with Crippen molar-refractivity contribution in [2.45, 2.75) is 51.9 Å².